The van der Waals surface area contributed by atoms with E-state index in [1.807, 2.05) is 43.3 Å². The SMILES string of the molecule is CC(CC(NC(=O)OCC1c2ccccc2-c2ccccc21)C(=O)O)C(C)(C)C. The van der Waals surface area contributed by atoms with E-state index in [2.05, 4.69) is 38.2 Å². The van der Waals surface area contributed by atoms with Crippen LogP contribution in [0.5, 0.6) is 0 Å². The average Bonchev–Trinajstić information content (AvgIpc) is 2.99. The fourth-order valence-corrected chi connectivity index (χ4v) is 3.71. The van der Waals surface area contributed by atoms with Gasteiger partial charge in [-0.25, -0.2) is 9.59 Å². The van der Waals surface area contributed by atoms with Crippen molar-refractivity contribution in [3.05, 3.63) is 59.7 Å². The van der Waals surface area contributed by atoms with Crippen LogP contribution in [0.25, 0.3) is 11.1 Å². The Bertz CT molecular complexity index is 854. The lowest BCUT2D eigenvalue weighted by atomic mass is 9.78. The molecule has 0 aliphatic heterocycles. The van der Waals surface area contributed by atoms with Gasteiger partial charge < -0.3 is 15.2 Å². The largest absolute Gasteiger partial charge is 0.480 e. The van der Waals surface area contributed by atoms with Crippen molar-refractivity contribution in [2.45, 2.75) is 46.1 Å². The lowest BCUT2D eigenvalue weighted by Gasteiger charge is -2.29. The van der Waals surface area contributed by atoms with E-state index in [4.69, 9.17) is 4.74 Å². The number of hydrogen-bond donors (Lipinski definition) is 2. The van der Waals surface area contributed by atoms with Crippen molar-refractivity contribution < 1.29 is 19.4 Å². The first-order valence-electron chi connectivity index (χ1n) is 10.0. The Morgan fingerprint density at radius 2 is 1.55 bits per heavy atom. The summed E-state index contributed by atoms with van der Waals surface area (Å²) in [5, 5.41) is 12.0. The molecule has 3 rings (SSSR count). The van der Waals surface area contributed by atoms with E-state index < -0.39 is 18.1 Å². The molecule has 0 bridgehead atoms. The fourth-order valence-electron chi connectivity index (χ4n) is 3.71. The third-order valence-electron chi connectivity index (χ3n) is 6.00. The predicted octanol–water partition coefficient (Wildman–Crippen LogP) is 5.05. The number of hydrogen-bond acceptors (Lipinski definition) is 3. The number of carboxylic acid groups (broad SMARTS) is 1. The molecule has 5 nitrogen and oxygen atoms in total. The Balaban J connectivity index is 1.67. The second-order valence-electron chi connectivity index (χ2n) is 8.86. The molecule has 154 valence electrons. The standard InChI is InChI=1S/C24H29NO4/c1-15(24(2,3)4)13-21(22(26)27)25-23(28)29-14-20-18-11-7-5-9-16(18)17-10-6-8-12-19(17)20/h5-12,15,20-21H,13-14H2,1-4H3,(H,25,28)(H,26,27). The van der Waals surface area contributed by atoms with Crippen LogP contribution in [0.2, 0.25) is 0 Å². The molecule has 0 heterocycles. The number of ether oxygens (including phenoxy) is 1. The number of alkyl carbamates (subject to hydrolysis) is 1. The second kappa shape index (κ2) is 8.27. The highest BCUT2D eigenvalue weighted by atomic mass is 16.5. The Morgan fingerprint density at radius 1 is 1.03 bits per heavy atom. The minimum atomic E-state index is -1.05. The van der Waals surface area contributed by atoms with E-state index in [1.165, 1.54) is 0 Å². The number of carbonyl (C=O) groups is 2. The van der Waals surface area contributed by atoms with E-state index in [9.17, 15) is 14.7 Å². The quantitative estimate of drug-likeness (QED) is 0.718. The topological polar surface area (TPSA) is 75.6 Å². The number of carboxylic acids is 1. The number of aliphatic carboxylic acids is 1. The summed E-state index contributed by atoms with van der Waals surface area (Å²) in [6.07, 6.45) is -0.344. The van der Waals surface area contributed by atoms with Gasteiger partial charge in [0.2, 0.25) is 0 Å². The Hall–Kier alpha value is -2.82. The van der Waals surface area contributed by atoms with Crippen molar-refractivity contribution in [2.24, 2.45) is 11.3 Å². The van der Waals surface area contributed by atoms with Crippen molar-refractivity contribution in [1.29, 1.82) is 0 Å². The Kier molecular flexibility index (Phi) is 5.96. The highest BCUT2D eigenvalue weighted by molar-refractivity contribution is 5.81. The van der Waals surface area contributed by atoms with Crippen molar-refractivity contribution in [2.75, 3.05) is 6.61 Å². The molecule has 0 saturated heterocycles. The molecule has 29 heavy (non-hydrogen) atoms. The fraction of sp³-hybridized carbons (Fsp3) is 0.417. The first-order chi connectivity index (χ1) is 13.7. The van der Waals surface area contributed by atoms with Gasteiger partial charge in [0.25, 0.3) is 0 Å². The predicted molar refractivity (Wildman–Crippen MR) is 113 cm³/mol. The van der Waals surface area contributed by atoms with E-state index in [-0.39, 0.29) is 23.9 Å². The maximum atomic E-state index is 12.4. The van der Waals surface area contributed by atoms with Crippen molar-refractivity contribution in [3.8, 4) is 11.1 Å². The molecular weight excluding hydrogens is 366 g/mol. The third kappa shape index (κ3) is 4.61. The molecule has 0 saturated carbocycles. The molecule has 2 N–H and O–H groups in total. The van der Waals surface area contributed by atoms with E-state index in [0.717, 1.165) is 22.3 Å². The molecule has 0 spiro atoms. The lowest BCUT2D eigenvalue weighted by molar-refractivity contribution is -0.140. The molecular formula is C24H29NO4. The smallest absolute Gasteiger partial charge is 0.407 e. The van der Waals surface area contributed by atoms with Gasteiger partial charge in [-0.05, 0) is 40.0 Å². The van der Waals surface area contributed by atoms with Gasteiger partial charge in [-0.1, -0.05) is 76.2 Å². The minimum Gasteiger partial charge on any atom is -0.480 e. The van der Waals surface area contributed by atoms with Crippen LogP contribution in [0, 0.1) is 11.3 Å². The molecule has 5 heteroatoms. The van der Waals surface area contributed by atoms with Crippen LogP contribution >= 0.6 is 0 Å². The van der Waals surface area contributed by atoms with Crippen LogP contribution in [-0.2, 0) is 9.53 Å². The van der Waals surface area contributed by atoms with Crippen molar-refractivity contribution in [1.82, 2.24) is 5.32 Å². The van der Waals surface area contributed by atoms with E-state index in [1.54, 1.807) is 0 Å². The normalized spacial score (nSPS) is 15.2. The van der Waals surface area contributed by atoms with Gasteiger partial charge in [0.05, 0.1) is 0 Å². The van der Waals surface area contributed by atoms with Crippen LogP contribution < -0.4 is 5.32 Å². The zero-order valence-electron chi connectivity index (χ0n) is 17.4. The Labute approximate surface area is 172 Å². The van der Waals surface area contributed by atoms with Crippen molar-refractivity contribution in [3.63, 3.8) is 0 Å². The zero-order chi connectivity index (χ0) is 21.2. The number of benzene rings is 2. The van der Waals surface area contributed by atoms with Crippen LogP contribution in [0.3, 0.4) is 0 Å². The minimum absolute atomic E-state index is 0.0451. The monoisotopic (exact) mass is 395 g/mol. The van der Waals surface area contributed by atoms with Gasteiger partial charge in [-0.2, -0.15) is 0 Å². The van der Waals surface area contributed by atoms with Gasteiger partial charge in [-0.3, -0.25) is 0 Å². The summed E-state index contributed by atoms with van der Waals surface area (Å²) in [5.74, 6) is -0.975. The molecule has 0 fully saturated rings. The molecule has 2 aromatic rings. The molecule has 2 atom stereocenters. The van der Waals surface area contributed by atoms with E-state index >= 15 is 0 Å². The summed E-state index contributed by atoms with van der Waals surface area (Å²) in [5.41, 5.74) is 4.51. The van der Waals surface area contributed by atoms with Crippen LogP contribution in [-0.4, -0.2) is 29.8 Å². The first-order valence-corrected chi connectivity index (χ1v) is 10.0. The van der Waals surface area contributed by atoms with Gasteiger partial charge in [0, 0.05) is 5.92 Å². The highest BCUT2D eigenvalue weighted by Gasteiger charge is 2.31. The van der Waals surface area contributed by atoms with Gasteiger partial charge in [0.1, 0.15) is 12.6 Å². The number of amides is 1. The lowest BCUT2D eigenvalue weighted by Crippen LogP contribution is -2.43. The second-order valence-corrected chi connectivity index (χ2v) is 8.86. The van der Waals surface area contributed by atoms with Crippen molar-refractivity contribution >= 4 is 12.1 Å². The molecule has 0 aromatic heterocycles. The summed E-state index contributed by atoms with van der Waals surface area (Å²) < 4.78 is 5.47. The van der Waals surface area contributed by atoms with Crippen LogP contribution in [0.1, 0.15) is 51.2 Å². The summed E-state index contributed by atoms with van der Waals surface area (Å²) in [4.78, 5) is 24.0. The highest BCUT2D eigenvalue weighted by Crippen LogP contribution is 2.44. The number of carbonyl (C=O) groups excluding carboxylic acids is 1. The number of nitrogens with one attached hydrogen (secondary N) is 1. The summed E-state index contributed by atoms with van der Waals surface area (Å²) >= 11 is 0. The van der Waals surface area contributed by atoms with Gasteiger partial charge in [0.15, 0.2) is 0 Å². The molecule has 2 aromatic carbocycles. The van der Waals surface area contributed by atoms with E-state index in [0.29, 0.717) is 6.42 Å². The van der Waals surface area contributed by atoms with Crippen LogP contribution in [0.15, 0.2) is 48.5 Å². The van der Waals surface area contributed by atoms with Gasteiger partial charge in [-0.15, -0.1) is 0 Å². The molecule has 1 amide bonds. The molecule has 1 aliphatic carbocycles. The summed E-state index contributed by atoms with van der Waals surface area (Å²) in [6.45, 7) is 8.34. The van der Waals surface area contributed by atoms with Gasteiger partial charge >= 0.3 is 12.1 Å². The average molecular weight is 395 g/mol. The number of rotatable bonds is 6. The van der Waals surface area contributed by atoms with Crippen LogP contribution in [0.4, 0.5) is 4.79 Å². The molecule has 2 unspecified atom stereocenters. The zero-order valence-corrected chi connectivity index (χ0v) is 17.4. The maximum Gasteiger partial charge on any atom is 0.407 e. The summed E-state index contributed by atoms with van der Waals surface area (Å²) in [6, 6.07) is 15.2. The Morgan fingerprint density at radius 3 is 2.03 bits per heavy atom. The maximum absolute atomic E-state index is 12.4. The molecule has 0 radical (unpaired) electrons. The third-order valence-corrected chi connectivity index (χ3v) is 6.00. The molecule has 1 aliphatic rings. The summed E-state index contributed by atoms with van der Waals surface area (Å²) in [7, 11) is 0. The first kappa shape index (κ1) is 20.9. The number of fused-ring (bicyclic) bond motifs is 3.